The fraction of sp³-hybridized carbons (Fsp3) is 0.450. The Morgan fingerprint density at radius 1 is 1.00 bits per heavy atom. The molecule has 0 spiro atoms. The lowest BCUT2D eigenvalue weighted by atomic mass is 9.94. The number of amides is 1. The number of nitrogens with zero attached hydrogens (tertiary/aromatic N) is 4. The van der Waals surface area contributed by atoms with Crippen LogP contribution in [-0.2, 0) is 9.53 Å². The first kappa shape index (κ1) is 17.0. The van der Waals surface area contributed by atoms with E-state index >= 15 is 0 Å². The van der Waals surface area contributed by atoms with Gasteiger partial charge in [0.25, 0.3) is 0 Å². The number of hydrogen-bond donors (Lipinski definition) is 0. The number of carbonyl (C=O) groups excluding carboxylic acids is 1. The van der Waals surface area contributed by atoms with Gasteiger partial charge in [-0.15, -0.1) is 0 Å². The summed E-state index contributed by atoms with van der Waals surface area (Å²) in [6, 6.07) is 12.0. The van der Waals surface area contributed by atoms with E-state index in [2.05, 4.69) is 27.0 Å². The molecule has 0 radical (unpaired) electrons. The van der Waals surface area contributed by atoms with Crippen LogP contribution in [0.4, 0.5) is 5.95 Å². The predicted molar refractivity (Wildman–Crippen MR) is 98.7 cm³/mol. The number of hydrogen-bond acceptors (Lipinski definition) is 5. The minimum Gasteiger partial charge on any atom is -0.370 e. The molecule has 4 rings (SSSR count). The molecular formula is C20H24N4O2. The van der Waals surface area contributed by atoms with Crippen molar-refractivity contribution in [3.63, 3.8) is 0 Å². The molecule has 2 aliphatic rings. The predicted octanol–water partition coefficient (Wildman–Crippen LogP) is 2.29. The molecule has 3 heterocycles. The zero-order valence-corrected chi connectivity index (χ0v) is 14.8. The zero-order chi connectivity index (χ0) is 17.8. The van der Waals surface area contributed by atoms with Gasteiger partial charge in [0.2, 0.25) is 11.9 Å². The summed E-state index contributed by atoms with van der Waals surface area (Å²) in [5.74, 6) is 1.11. The van der Waals surface area contributed by atoms with E-state index in [1.807, 2.05) is 29.2 Å². The molecule has 26 heavy (non-hydrogen) atoms. The van der Waals surface area contributed by atoms with E-state index in [1.54, 1.807) is 12.4 Å². The van der Waals surface area contributed by atoms with Crippen molar-refractivity contribution >= 4 is 11.9 Å². The normalized spacial score (nSPS) is 21.6. The Labute approximate surface area is 153 Å². The maximum absolute atomic E-state index is 13.0. The van der Waals surface area contributed by atoms with Gasteiger partial charge in [0.1, 0.15) is 6.10 Å². The van der Waals surface area contributed by atoms with Crippen molar-refractivity contribution in [1.29, 1.82) is 0 Å². The lowest BCUT2D eigenvalue weighted by molar-refractivity contribution is -0.144. The maximum Gasteiger partial charge on any atom is 0.225 e. The van der Waals surface area contributed by atoms with Crippen LogP contribution in [0, 0.1) is 5.92 Å². The number of rotatable bonds is 3. The topological polar surface area (TPSA) is 58.6 Å². The summed E-state index contributed by atoms with van der Waals surface area (Å²) in [6.07, 6.45) is 5.20. The van der Waals surface area contributed by atoms with Crippen LogP contribution in [-0.4, -0.2) is 53.6 Å². The number of morpholine rings is 1. The molecule has 1 aromatic carbocycles. The van der Waals surface area contributed by atoms with Crippen LogP contribution in [0.25, 0.3) is 0 Å². The van der Waals surface area contributed by atoms with E-state index in [9.17, 15) is 4.79 Å². The Kier molecular flexibility index (Phi) is 5.11. The molecular weight excluding hydrogens is 328 g/mol. The maximum atomic E-state index is 13.0. The number of benzene rings is 1. The number of ether oxygens (including phenoxy) is 1. The Hall–Kier alpha value is -2.47. The van der Waals surface area contributed by atoms with E-state index < -0.39 is 0 Å². The number of piperidine rings is 1. The van der Waals surface area contributed by atoms with E-state index in [0.29, 0.717) is 19.7 Å². The van der Waals surface area contributed by atoms with Gasteiger partial charge in [0.05, 0.1) is 13.2 Å². The molecule has 2 aromatic rings. The minimum atomic E-state index is -0.0216. The van der Waals surface area contributed by atoms with Crippen molar-refractivity contribution in [3.05, 3.63) is 54.4 Å². The molecule has 1 aromatic heterocycles. The van der Waals surface area contributed by atoms with Crippen molar-refractivity contribution in [2.75, 3.05) is 37.7 Å². The standard InChI is InChI=1S/C20H24N4O2/c25-19(17-7-11-23(12-8-17)20-21-9-4-10-22-20)24-13-14-26-18(15-24)16-5-2-1-3-6-16/h1-6,9-10,17-18H,7-8,11-15H2/t18-/m1/s1. The summed E-state index contributed by atoms with van der Waals surface area (Å²) in [7, 11) is 0. The average Bonchev–Trinajstić information content (AvgIpc) is 2.75. The van der Waals surface area contributed by atoms with Gasteiger partial charge in [0, 0.05) is 37.9 Å². The first-order chi connectivity index (χ1) is 12.8. The quantitative estimate of drug-likeness (QED) is 0.848. The molecule has 0 N–H and O–H groups in total. The summed E-state index contributed by atoms with van der Waals surface area (Å²) < 4.78 is 5.89. The third-order valence-corrected chi connectivity index (χ3v) is 5.23. The van der Waals surface area contributed by atoms with E-state index in [4.69, 9.17) is 4.74 Å². The van der Waals surface area contributed by atoms with Gasteiger partial charge < -0.3 is 14.5 Å². The first-order valence-corrected chi connectivity index (χ1v) is 9.28. The van der Waals surface area contributed by atoms with Crippen LogP contribution in [0.3, 0.4) is 0 Å². The number of carbonyl (C=O) groups is 1. The summed E-state index contributed by atoms with van der Waals surface area (Å²) in [6.45, 7) is 3.58. The van der Waals surface area contributed by atoms with Crippen LogP contribution in [0.1, 0.15) is 24.5 Å². The summed E-state index contributed by atoms with van der Waals surface area (Å²) in [5, 5.41) is 0. The molecule has 0 unspecified atom stereocenters. The van der Waals surface area contributed by atoms with Crippen LogP contribution in [0.5, 0.6) is 0 Å². The van der Waals surface area contributed by atoms with Gasteiger partial charge in [-0.3, -0.25) is 4.79 Å². The number of aromatic nitrogens is 2. The van der Waals surface area contributed by atoms with Crippen LogP contribution in [0.2, 0.25) is 0 Å². The Morgan fingerprint density at radius 2 is 1.73 bits per heavy atom. The van der Waals surface area contributed by atoms with E-state index in [0.717, 1.165) is 37.4 Å². The molecule has 136 valence electrons. The Balaban J connectivity index is 1.35. The smallest absolute Gasteiger partial charge is 0.225 e. The Bertz CT molecular complexity index is 717. The lowest BCUT2D eigenvalue weighted by Gasteiger charge is -2.38. The molecule has 1 amide bonds. The second-order valence-corrected chi connectivity index (χ2v) is 6.86. The van der Waals surface area contributed by atoms with Gasteiger partial charge >= 0.3 is 0 Å². The van der Waals surface area contributed by atoms with Crippen molar-refractivity contribution in [1.82, 2.24) is 14.9 Å². The van der Waals surface area contributed by atoms with Gasteiger partial charge in [0.15, 0.2) is 0 Å². The highest BCUT2D eigenvalue weighted by Crippen LogP contribution is 2.26. The molecule has 6 nitrogen and oxygen atoms in total. The molecule has 2 fully saturated rings. The minimum absolute atomic E-state index is 0.0216. The van der Waals surface area contributed by atoms with E-state index in [1.165, 1.54) is 0 Å². The second-order valence-electron chi connectivity index (χ2n) is 6.86. The van der Waals surface area contributed by atoms with Crippen molar-refractivity contribution < 1.29 is 9.53 Å². The Morgan fingerprint density at radius 3 is 2.46 bits per heavy atom. The van der Waals surface area contributed by atoms with Crippen LogP contribution < -0.4 is 4.90 Å². The third-order valence-electron chi connectivity index (χ3n) is 5.23. The average molecular weight is 352 g/mol. The molecule has 2 saturated heterocycles. The molecule has 1 atom stereocenters. The largest absolute Gasteiger partial charge is 0.370 e. The fourth-order valence-electron chi connectivity index (χ4n) is 3.76. The molecule has 2 aliphatic heterocycles. The van der Waals surface area contributed by atoms with Crippen molar-refractivity contribution in [2.45, 2.75) is 18.9 Å². The zero-order valence-electron chi connectivity index (χ0n) is 14.8. The second kappa shape index (κ2) is 7.83. The SMILES string of the molecule is O=C(C1CCN(c2ncccn2)CC1)N1CCO[C@@H](c2ccccc2)C1. The fourth-order valence-corrected chi connectivity index (χ4v) is 3.76. The summed E-state index contributed by atoms with van der Waals surface area (Å²) in [4.78, 5) is 25.8. The number of anilines is 1. The first-order valence-electron chi connectivity index (χ1n) is 9.28. The summed E-state index contributed by atoms with van der Waals surface area (Å²) in [5.41, 5.74) is 1.14. The van der Waals surface area contributed by atoms with Gasteiger partial charge in [-0.25, -0.2) is 9.97 Å². The highest BCUT2D eigenvalue weighted by molar-refractivity contribution is 5.79. The monoisotopic (exact) mass is 352 g/mol. The van der Waals surface area contributed by atoms with E-state index in [-0.39, 0.29) is 17.9 Å². The van der Waals surface area contributed by atoms with Gasteiger partial charge in [-0.1, -0.05) is 30.3 Å². The molecule has 0 saturated carbocycles. The lowest BCUT2D eigenvalue weighted by Crippen LogP contribution is -2.47. The van der Waals surface area contributed by atoms with Gasteiger partial charge in [-0.2, -0.15) is 0 Å². The van der Waals surface area contributed by atoms with Gasteiger partial charge in [-0.05, 0) is 24.5 Å². The third kappa shape index (κ3) is 3.70. The van der Waals surface area contributed by atoms with Crippen LogP contribution >= 0.6 is 0 Å². The van der Waals surface area contributed by atoms with Crippen molar-refractivity contribution in [3.8, 4) is 0 Å². The molecule has 6 heteroatoms. The highest BCUT2D eigenvalue weighted by Gasteiger charge is 2.32. The molecule has 0 aliphatic carbocycles. The molecule has 0 bridgehead atoms. The van der Waals surface area contributed by atoms with Crippen molar-refractivity contribution in [2.24, 2.45) is 5.92 Å². The summed E-state index contributed by atoms with van der Waals surface area (Å²) >= 11 is 0. The van der Waals surface area contributed by atoms with Crippen LogP contribution in [0.15, 0.2) is 48.8 Å². The highest BCUT2D eigenvalue weighted by atomic mass is 16.5.